The van der Waals surface area contributed by atoms with Crippen molar-refractivity contribution >= 4 is 51.5 Å². The second kappa shape index (κ2) is 9.17. The van der Waals surface area contributed by atoms with Crippen LogP contribution in [-0.2, 0) is 20.6 Å². The number of halogens is 1. The first kappa shape index (κ1) is 24.5. The number of hydrogen-bond donors (Lipinski definition) is 3. The van der Waals surface area contributed by atoms with Gasteiger partial charge in [-0.1, -0.05) is 35.9 Å². The Labute approximate surface area is 228 Å². The van der Waals surface area contributed by atoms with Gasteiger partial charge in [-0.25, -0.2) is 0 Å². The van der Waals surface area contributed by atoms with Gasteiger partial charge in [0.25, 0.3) is 11.8 Å². The van der Waals surface area contributed by atoms with E-state index in [0.717, 1.165) is 10.9 Å². The van der Waals surface area contributed by atoms with Crippen LogP contribution >= 0.6 is 11.6 Å². The smallest absolute Gasteiger partial charge is 0.272 e. The zero-order valence-corrected chi connectivity index (χ0v) is 21.9. The summed E-state index contributed by atoms with van der Waals surface area (Å²) >= 11 is 6.37. The zero-order valence-electron chi connectivity index (χ0n) is 21.2. The van der Waals surface area contributed by atoms with Gasteiger partial charge in [0.1, 0.15) is 17.1 Å². The Morgan fingerprint density at radius 1 is 0.974 bits per heavy atom. The maximum absolute atomic E-state index is 13.2. The predicted molar refractivity (Wildman–Crippen MR) is 149 cm³/mol. The second-order valence-electron chi connectivity index (χ2n) is 9.47. The molecule has 4 N–H and O–H groups in total. The standard InChI is InChI=1S/C28H24ClN7O3/c1-34-13-15(30)11-21(34)28(39)32-16-12-22(35(2)14-16)27(38)31-9-10-36-20-8-4-6-18-24(20)25(33-36)17-5-3-7-19(29)23(17)26(18)37/h3-8,11-14H,9-10,30H2,1-2H3,(H,31,38)(H,32,39). The number of nitrogens with two attached hydrogens (primary N) is 1. The number of benzene rings is 2. The molecule has 0 radical (unpaired) electrons. The normalized spacial score (nSPS) is 12.0. The van der Waals surface area contributed by atoms with Gasteiger partial charge in [0.15, 0.2) is 5.78 Å². The molecule has 3 heterocycles. The summed E-state index contributed by atoms with van der Waals surface area (Å²) in [6.07, 6.45) is 3.32. The van der Waals surface area contributed by atoms with E-state index in [0.29, 0.717) is 63.3 Å². The highest BCUT2D eigenvalue weighted by molar-refractivity contribution is 6.38. The molecule has 0 spiro atoms. The molecule has 39 heavy (non-hydrogen) atoms. The van der Waals surface area contributed by atoms with Crippen molar-refractivity contribution in [3.8, 4) is 11.3 Å². The molecule has 0 atom stereocenters. The topological polar surface area (TPSA) is 129 Å². The number of nitrogens with zero attached hydrogens (tertiary/aromatic N) is 4. The summed E-state index contributed by atoms with van der Waals surface area (Å²) in [6.45, 7) is 0.684. The number of aromatic nitrogens is 4. The molecule has 6 rings (SSSR count). The van der Waals surface area contributed by atoms with E-state index in [1.807, 2.05) is 18.2 Å². The van der Waals surface area contributed by atoms with E-state index in [9.17, 15) is 14.4 Å². The number of carbonyl (C=O) groups is 3. The quantitative estimate of drug-likeness (QED) is 0.295. The largest absolute Gasteiger partial charge is 0.397 e. The lowest BCUT2D eigenvalue weighted by Gasteiger charge is -2.15. The minimum atomic E-state index is -0.328. The minimum Gasteiger partial charge on any atom is -0.397 e. The first-order valence-electron chi connectivity index (χ1n) is 12.2. The third-order valence-corrected chi connectivity index (χ3v) is 7.20. The van der Waals surface area contributed by atoms with E-state index in [4.69, 9.17) is 22.4 Å². The molecular formula is C28H24ClN7O3. The highest BCUT2D eigenvalue weighted by atomic mass is 35.5. The van der Waals surface area contributed by atoms with Crippen LogP contribution in [0, 0.1) is 0 Å². The lowest BCUT2D eigenvalue weighted by Crippen LogP contribution is -2.28. The van der Waals surface area contributed by atoms with E-state index in [1.54, 1.807) is 70.6 Å². The number of nitrogens with one attached hydrogen (secondary N) is 2. The molecule has 0 fully saturated rings. The van der Waals surface area contributed by atoms with Crippen LogP contribution < -0.4 is 16.4 Å². The molecule has 5 aromatic rings. The van der Waals surface area contributed by atoms with Gasteiger partial charge in [0.2, 0.25) is 0 Å². The van der Waals surface area contributed by atoms with Gasteiger partial charge in [-0.05, 0) is 24.3 Å². The maximum Gasteiger partial charge on any atom is 0.272 e. The zero-order chi connectivity index (χ0) is 27.4. The number of amides is 2. The van der Waals surface area contributed by atoms with Crippen molar-refractivity contribution in [3.63, 3.8) is 0 Å². The van der Waals surface area contributed by atoms with Gasteiger partial charge in [0.05, 0.1) is 34.0 Å². The summed E-state index contributed by atoms with van der Waals surface area (Å²) in [5.41, 5.74) is 10.8. The Balaban J connectivity index is 1.18. The number of hydrogen-bond acceptors (Lipinski definition) is 5. The summed E-state index contributed by atoms with van der Waals surface area (Å²) in [5, 5.41) is 11.7. The highest BCUT2D eigenvalue weighted by Gasteiger charge is 2.30. The van der Waals surface area contributed by atoms with Crippen molar-refractivity contribution < 1.29 is 14.4 Å². The molecule has 11 heteroatoms. The fourth-order valence-corrected chi connectivity index (χ4v) is 5.36. The molecule has 1 aliphatic carbocycles. The number of ketones is 1. The Bertz CT molecular complexity index is 1830. The summed E-state index contributed by atoms with van der Waals surface area (Å²) < 4.78 is 5.07. The van der Waals surface area contributed by atoms with Gasteiger partial charge in [-0.3, -0.25) is 19.1 Å². The first-order chi connectivity index (χ1) is 18.7. The number of nitrogen functional groups attached to an aromatic ring is 1. The average molecular weight is 542 g/mol. The fraction of sp³-hybridized carbons (Fsp3) is 0.143. The summed E-state index contributed by atoms with van der Waals surface area (Å²) in [5.74, 6) is -0.745. The van der Waals surface area contributed by atoms with Crippen molar-refractivity contribution in [1.82, 2.24) is 24.2 Å². The molecule has 0 bridgehead atoms. The van der Waals surface area contributed by atoms with Crippen molar-refractivity contribution in [3.05, 3.63) is 88.5 Å². The Kier molecular flexibility index (Phi) is 5.76. The Morgan fingerprint density at radius 2 is 1.69 bits per heavy atom. The van der Waals surface area contributed by atoms with Gasteiger partial charge in [-0.2, -0.15) is 5.10 Å². The molecule has 196 valence electrons. The van der Waals surface area contributed by atoms with Crippen molar-refractivity contribution in [2.45, 2.75) is 6.54 Å². The van der Waals surface area contributed by atoms with E-state index in [-0.39, 0.29) is 17.6 Å². The van der Waals surface area contributed by atoms with E-state index >= 15 is 0 Å². The summed E-state index contributed by atoms with van der Waals surface area (Å²) in [7, 11) is 3.47. The van der Waals surface area contributed by atoms with Crippen LogP contribution in [-0.4, -0.2) is 43.1 Å². The monoisotopic (exact) mass is 541 g/mol. The summed E-state index contributed by atoms with van der Waals surface area (Å²) in [4.78, 5) is 38.7. The number of aryl methyl sites for hydroxylation is 2. The van der Waals surface area contributed by atoms with E-state index in [1.165, 1.54) is 0 Å². The highest BCUT2D eigenvalue weighted by Crippen LogP contribution is 2.41. The van der Waals surface area contributed by atoms with Gasteiger partial charge in [-0.15, -0.1) is 0 Å². The Hall–Kier alpha value is -4.83. The SMILES string of the molecule is Cn1cc(NC(=O)c2cc(N)cn2C)cc1C(=O)NCCn1nc2c3c(cccc31)C(=O)c1c(Cl)cccc1-2. The van der Waals surface area contributed by atoms with Crippen molar-refractivity contribution in [2.24, 2.45) is 14.1 Å². The van der Waals surface area contributed by atoms with E-state index in [2.05, 4.69) is 10.6 Å². The molecule has 10 nitrogen and oxygen atoms in total. The molecule has 2 amide bonds. The van der Waals surface area contributed by atoms with Gasteiger partial charge >= 0.3 is 0 Å². The lowest BCUT2D eigenvalue weighted by molar-refractivity contribution is 0.0942. The molecule has 0 aliphatic heterocycles. The van der Waals surface area contributed by atoms with Crippen LogP contribution in [0.4, 0.5) is 11.4 Å². The molecule has 0 saturated carbocycles. The molecule has 0 saturated heterocycles. The molecule has 1 aliphatic rings. The molecule has 0 unspecified atom stereocenters. The molecule has 2 aromatic carbocycles. The number of rotatable bonds is 6. The minimum absolute atomic E-state index is 0.122. The van der Waals surface area contributed by atoms with E-state index < -0.39 is 0 Å². The molecular weight excluding hydrogens is 518 g/mol. The van der Waals surface area contributed by atoms with Crippen LogP contribution in [0.2, 0.25) is 5.02 Å². The number of carbonyl (C=O) groups excluding carboxylic acids is 3. The third-order valence-electron chi connectivity index (χ3n) is 6.88. The van der Waals surface area contributed by atoms with Crippen LogP contribution in [0.3, 0.4) is 0 Å². The average Bonchev–Trinajstić information content (AvgIpc) is 3.57. The molecule has 3 aromatic heterocycles. The summed E-state index contributed by atoms with van der Waals surface area (Å²) in [6, 6.07) is 14.1. The first-order valence-corrected chi connectivity index (χ1v) is 12.6. The third kappa shape index (κ3) is 4.05. The van der Waals surface area contributed by atoms with Crippen molar-refractivity contribution in [1.29, 1.82) is 0 Å². The van der Waals surface area contributed by atoms with Crippen LogP contribution in [0.15, 0.2) is 60.9 Å². The lowest BCUT2D eigenvalue weighted by atomic mass is 9.87. The van der Waals surface area contributed by atoms with Gasteiger partial charge < -0.3 is 25.5 Å². The Morgan fingerprint density at radius 3 is 2.46 bits per heavy atom. The van der Waals surface area contributed by atoms with Crippen LogP contribution in [0.5, 0.6) is 0 Å². The number of fused-ring (bicyclic) bond motifs is 2. The maximum atomic E-state index is 13.2. The van der Waals surface area contributed by atoms with Crippen LogP contribution in [0.1, 0.15) is 36.9 Å². The van der Waals surface area contributed by atoms with Gasteiger partial charge in [0, 0.05) is 49.5 Å². The predicted octanol–water partition coefficient (Wildman–Crippen LogP) is 3.84. The fourth-order valence-electron chi connectivity index (χ4n) is 5.10. The van der Waals surface area contributed by atoms with Crippen LogP contribution in [0.25, 0.3) is 22.2 Å². The second-order valence-corrected chi connectivity index (χ2v) is 9.87. The number of anilines is 2. The van der Waals surface area contributed by atoms with Crippen molar-refractivity contribution in [2.75, 3.05) is 17.6 Å².